The molecule has 2 aromatic rings. The summed E-state index contributed by atoms with van der Waals surface area (Å²) in [6, 6.07) is 0. The number of hydrogen-bond acceptors (Lipinski definition) is 6. The minimum Gasteiger partial charge on any atom is -0.372 e. The third-order valence-electron chi connectivity index (χ3n) is 4.09. The lowest BCUT2D eigenvalue weighted by Gasteiger charge is -2.25. The Morgan fingerprint density at radius 1 is 1.22 bits per heavy atom. The first-order valence-electron chi connectivity index (χ1n) is 8.24. The van der Waals surface area contributed by atoms with Gasteiger partial charge < -0.3 is 16.0 Å². The molecule has 2 heterocycles. The van der Waals surface area contributed by atoms with Gasteiger partial charge in [-0.1, -0.05) is 6.92 Å². The Bertz CT molecular complexity index is 830. The van der Waals surface area contributed by atoms with E-state index in [-0.39, 0.29) is 17.7 Å². The molecular weight excluding hydrogens is 363 g/mol. The van der Waals surface area contributed by atoms with Gasteiger partial charge in [0.05, 0.1) is 17.6 Å². The molecule has 0 aliphatic carbocycles. The van der Waals surface area contributed by atoms with E-state index in [1.54, 1.807) is 18.5 Å². The van der Waals surface area contributed by atoms with Gasteiger partial charge in [-0.3, -0.25) is 9.48 Å². The van der Waals surface area contributed by atoms with Gasteiger partial charge in [-0.25, -0.2) is 4.98 Å². The van der Waals surface area contributed by atoms with E-state index in [1.165, 1.54) is 20.3 Å². The molecule has 2 rings (SSSR count). The number of likely N-dealkylation sites (N-methyl/N-ethyl adjacent to an activating group) is 1. The van der Waals surface area contributed by atoms with Crippen LogP contribution in [-0.4, -0.2) is 39.8 Å². The van der Waals surface area contributed by atoms with Gasteiger partial charge in [0, 0.05) is 20.3 Å². The number of rotatable bonds is 6. The summed E-state index contributed by atoms with van der Waals surface area (Å²) in [6.07, 6.45) is -1.83. The number of aromatic nitrogens is 4. The summed E-state index contributed by atoms with van der Waals surface area (Å²) in [5.74, 6) is -0.578. The van der Waals surface area contributed by atoms with Crippen molar-refractivity contribution in [3.05, 3.63) is 23.7 Å². The Morgan fingerprint density at radius 3 is 2.41 bits per heavy atom. The Hall–Kier alpha value is -2.85. The maximum Gasteiger partial charge on any atom is 0.421 e. The Kier molecular flexibility index (Phi) is 5.62. The van der Waals surface area contributed by atoms with Crippen molar-refractivity contribution in [2.24, 2.45) is 0 Å². The number of halogens is 3. The molecule has 2 aromatic heterocycles. The molecule has 0 saturated heterocycles. The highest BCUT2D eigenvalue weighted by atomic mass is 19.4. The minimum absolute atomic E-state index is 0.0145. The van der Waals surface area contributed by atoms with E-state index in [0.717, 1.165) is 0 Å². The van der Waals surface area contributed by atoms with Gasteiger partial charge in [-0.2, -0.15) is 23.3 Å². The van der Waals surface area contributed by atoms with E-state index in [0.29, 0.717) is 24.0 Å². The largest absolute Gasteiger partial charge is 0.421 e. The van der Waals surface area contributed by atoms with Crippen LogP contribution in [0.5, 0.6) is 0 Å². The van der Waals surface area contributed by atoms with E-state index in [4.69, 9.17) is 0 Å². The molecule has 27 heavy (non-hydrogen) atoms. The summed E-state index contributed by atoms with van der Waals surface area (Å²) in [5, 5.41) is 12.2. The zero-order chi connectivity index (χ0) is 20.4. The molecule has 0 saturated carbocycles. The number of hydrogen-bond donors (Lipinski definition) is 3. The van der Waals surface area contributed by atoms with Crippen LogP contribution in [0, 0.1) is 0 Å². The van der Waals surface area contributed by atoms with E-state index in [9.17, 15) is 18.0 Å². The first-order chi connectivity index (χ1) is 12.6. The number of amides is 1. The van der Waals surface area contributed by atoms with Crippen molar-refractivity contribution in [3.63, 3.8) is 0 Å². The highest BCUT2D eigenvalue weighted by molar-refractivity contribution is 5.83. The smallest absolute Gasteiger partial charge is 0.372 e. The monoisotopic (exact) mass is 385 g/mol. The number of carbonyl (C=O) groups is 1. The Morgan fingerprint density at radius 2 is 1.89 bits per heavy atom. The Balaban J connectivity index is 2.40. The fourth-order valence-corrected chi connectivity index (χ4v) is 2.66. The van der Waals surface area contributed by atoms with Gasteiger partial charge in [0.15, 0.2) is 0 Å². The van der Waals surface area contributed by atoms with Gasteiger partial charge in [0.2, 0.25) is 11.9 Å². The zero-order valence-electron chi connectivity index (χ0n) is 15.7. The third-order valence-corrected chi connectivity index (χ3v) is 4.09. The average molecular weight is 385 g/mol. The van der Waals surface area contributed by atoms with Gasteiger partial charge in [-0.05, 0) is 20.3 Å². The van der Waals surface area contributed by atoms with Crippen molar-refractivity contribution in [2.75, 3.05) is 24.7 Å². The number of alkyl halides is 3. The first-order valence-corrected chi connectivity index (χ1v) is 8.24. The quantitative estimate of drug-likeness (QED) is 0.707. The summed E-state index contributed by atoms with van der Waals surface area (Å²) in [5.41, 5.74) is -0.700. The molecule has 1 amide bonds. The maximum absolute atomic E-state index is 13.0. The van der Waals surface area contributed by atoms with E-state index in [2.05, 4.69) is 31.0 Å². The highest BCUT2D eigenvalue weighted by Gasteiger charge is 2.35. The molecule has 0 fully saturated rings. The third kappa shape index (κ3) is 3.96. The van der Waals surface area contributed by atoms with Gasteiger partial charge in [0.1, 0.15) is 16.9 Å². The lowest BCUT2D eigenvalue weighted by Crippen LogP contribution is -2.44. The predicted molar refractivity (Wildman–Crippen MR) is 94.9 cm³/mol. The minimum atomic E-state index is -4.56. The lowest BCUT2D eigenvalue weighted by atomic mass is 10.0. The van der Waals surface area contributed by atoms with Crippen LogP contribution in [0.25, 0.3) is 0 Å². The average Bonchev–Trinajstić information content (AvgIpc) is 3.03. The second-order valence-corrected chi connectivity index (χ2v) is 6.24. The fourth-order valence-electron chi connectivity index (χ4n) is 2.66. The lowest BCUT2D eigenvalue weighted by molar-refractivity contribution is -0.137. The van der Waals surface area contributed by atoms with Crippen LogP contribution in [-0.2, 0) is 22.9 Å². The van der Waals surface area contributed by atoms with Crippen LogP contribution < -0.4 is 16.0 Å². The van der Waals surface area contributed by atoms with Crippen molar-refractivity contribution in [3.8, 4) is 0 Å². The molecule has 0 bridgehead atoms. The van der Waals surface area contributed by atoms with Crippen LogP contribution in [0.1, 0.15) is 32.0 Å². The number of nitrogens with one attached hydrogen (secondary N) is 3. The predicted octanol–water partition coefficient (Wildman–Crippen LogP) is 2.52. The summed E-state index contributed by atoms with van der Waals surface area (Å²) in [7, 11) is 2.89. The number of nitrogens with zero attached hydrogens (tertiary/aromatic N) is 4. The second-order valence-electron chi connectivity index (χ2n) is 6.24. The van der Waals surface area contributed by atoms with Gasteiger partial charge in [0.25, 0.3) is 0 Å². The van der Waals surface area contributed by atoms with Crippen molar-refractivity contribution in [1.82, 2.24) is 25.1 Å². The van der Waals surface area contributed by atoms with Crippen molar-refractivity contribution in [2.45, 2.75) is 38.9 Å². The summed E-state index contributed by atoms with van der Waals surface area (Å²) >= 11 is 0. The molecular formula is C16H22F3N7O. The van der Waals surface area contributed by atoms with Crippen LogP contribution in [0.2, 0.25) is 0 Å². The molecule has 148 valence electrons. The molecule has 0 aliphatic rings. The van der Waals surface area contributed by atoms with Crippen molar-refractivity contribution in [1.29, 1.82) is 0 Å². The molecule has 0 unspecified atom stereocenters. The topological polar surface area (TPSA) is 96.8 Å². The SMILES string of the molecule is CCc1c(Nc2ncc(C(F)(F)F)c(NC)n2)cnn1C(C)(C)C(=O)NC. The number of carbonyl (C=O) groups excluding carboxylic acids is 1. The summed E-state index contributed by atoms with van der Waals surface area (Å²) in [4.78, 5) is 19.8. The second kappa shape index (κ2) is 7.41. The molecule has 0 atom stereocenters. The summed E-state index contributed by atoms with van der Waals surface area (Å²) < 4.78 is 40.5. The maximum atomic E-state index is 13.0. The van der Waals surface area contributed by atoms with E-state index < -0.39 is 17.3 Å². The molecule has 0 aliphatic heterocycles. The fraction of sp³-hybridized carbons (Fsp3) is 0.500. The molecule has 0 aromatic carbocycles. The van der Waals surface area contributed by atoms with E-state index >= 15 is 0 Å². The molecule has 0 spiro atoms. The van der Waals surface area contributed by atoms with E-state index in [1.807, 2.05) is 6.92 Å². The summed E-state index contributed by atoms with van der Waals surface area (Å²) in [6.45, 7) is 5.32. The molecule has 8 nitrogen and oxygen atoms in total. The normalized spacial score (nSPS) is 12.0. The van der Waals surface area contributed by atoms with Crippen LogP contribution in [0.3, 0.4) is 0 Å². The number of anilines is 3. The van der Waals surface area contributed by atoms with Gasteiger partial charge >= 0.3 is 6.18 Å². The standard InChI is InChI=1S/C16H22F3N7O/c1-6-11-10(8-23-26(11)15(2,3)13(27)21-5)24-14-22-7-9(16(17,18)19)12(20-4)25-14/h7-8H,6H2,1-5H3,(H,21,27)(H2,20,22,24,25). The molecule has 11 heteroatoms. The first kappa shape index (κ1) is 20.5. The van der Waals surface area contributed by atoms with Gasteiger partial charge in [-0.15, -0.1) is 0 Å². The van der Waals surface area contributed by atoms with Crippen molar-refractivity contribution >= 4 is 23.4 Å². The zero-order valence-corrected chi connectivity index (χ0v) is 15.7. The van der Waals surface area contributed by atoms with Crippen LogP contribution in [0.15, 0.2) is 12.4 Å². The van der Waals surface area contributed by atoms with Crippen molar-refractivity contribution < 1.29 is 18.0 Å². The molecule has 0 radical (unpaired) electrons. The van der Waals surface area contributed by atoms with Crippen LogP contribution in [0.4, 0.5) is 30.6 Å². The molecule has 3 N–H and O–H groups in total. The Labute approximate surface area is 154 Å². The highest BCUT2D eigenvalue weighted by Crippen LogP contribution is 2.34. The van der Waals surface area contributed by atoms with Crippen LogP contribution >= 0.6 is 0 Å².